The van der Waals surface area contributed by atoms with E-state index in [2.05, 4.69) is 0 Å². The maximum Gasteiger partial charge on any atom is 0.134 e. The summed E-state index contributed by atoms with van der Waals surface area (Å²) in [5, 5.41) is 19.2. The maximum absolute atomic E-state index is 13.6. The number of halogens is 2. The summed E-state index contributed by atoms with van der Waals surface area (Å²) in [4.78, 5) is 0. The fraction of sp³-hybridized carbons (Fsp3) is 0.500. The molecule has 0 aromatic heterocycles. The molecule has 4 heteroatoms. The molecular weight excluding hydrogens is 214 g/mol. The molecule has 0 saturated carbocycles. The van der Waals surface area contributed by atoms with Gasteiger partial charge in [-0.1, -0.05) is 19.4 Å². The summed E-state index contributed by atoms with van der Waals surface area (Å²) in [6.07, 6.45) is -1.72. The van der Waals surface area contributed by atoms with Gasteiger partial charge in [-0.25, -0.2) is 8.78 Å². The Balaban J connectivity index is 3.07. The van der Waals surface area contributed by atoms with Crippen molar-refractivity contribution in [1.82, 2.24) is 0 Å². The van der Waals surface area contributed by atoms with Gasteiger partial charge >= 0.3 is 0 Å². The van der Waals surface area contributed by atoms with Crippen molar-refractivity contribution in [1.29, 1.82) is 0 Å². The monoisotopic (exact) mass is 230 g/mol. The van der Waals surface area contributed by atoms with Gasteiger partial charge in [-0.05, 0) is 25.0 Å². The number of benzene rings is 1. The maximum atomic E-state index is 13.6. The largest absolute Gasteiger partial charge is 0.390 e. The lowest BCUT2D eigenvalue weighted by atomic mass is 9.98. The first kappa shape index (κ1) is 13.1. The molecule has 0 aliphatic rings. The summed E-state index contributed by atoms with van der Waals surface area (Å²) in [6, 6.07) is 2.39. The van der Waals surface area contributed by atoms with Crippen molar-refractivity contribution >= 4 is 0 Å². The molecule has 0 bridgehead atoms. The Morgan fingerprint density at radius 1 is 1.25 bits per heavy atom. The fourth-order valence-electron chi connectivity index (χ4n) is 1.60. The van der Waals surface area contributed by atoms with Gasteiger partial charge in [-0.3, -0.25) is 0 Å². The third-order valence-electron chi connectivity index (χ3n) is 2.56. The molecule has 2 nitrogen and oxygen atoms in total. The highest BCUT2D eigenvalue weighted by Gasteiger charge is 2.25. The van der Waals surface area contributed by atoms with Gasteiger partial charge in [0.05, 0.1) is 11.7 Å². The van der Waals surface area contributed by atoms with E-state index in [4.69, 9.17) is 0 Å². The van der Waals surface area contributed by atoms with Crippen LogP contribution in [0.25, 0.3) is 0 Å². The van der Waals surface area contributed by atoms with Crippen LogP contribution in [0.4, 0.5) is 8.78 Å². The molecule has 0 amide bonds. The summed E-state index contributed by atoms with van der Waals surface area (Å²) in [5.41, 5.74) is -0.194. The second kappa shape index (κ2) is 5.37. The van der Waals surface area contributed by atoms with E-state index in [1.54, 1.807) is 0 Å². The van der Waals surface area contributed by atoms with Gasteiger partial charge in [0, 0.05) is 0 Å². The third-order valence-corrected chi connectivity index (χ3v) is 2.56. The lowest BCUT2D eigenvalue weighted by Gasteiger charge is -2.19. The quantitative estimate of drug-likeness (QED) is 0.834. The van der Waals surface area contributed by atoms with E-state index >= 15 is 0 Å². The van der Waals surface area contributed by atoms with Crippen LogP contribution < -0.4 is 0 Å². The van der Waals surface area contributed by atoms with Crippen LogP contribution in [0.1, 0.15) is 37.0 Å². The van der Waals surface area contributed by atoms with Crippen LogP contribution in [-0.4, -0.2) is 16.3 Å². The molecule has 0 radical (unpaired) electrons. The van der Waals surface area contributed by atoms with Crippen molar-refractivity contribution in [3.05, 3.63) is 34.9 Å². The number of hydrogen-bond donors (Lipinski definition) is 2. The Bertz CT molecular complexity index is 366. The van der Waals surface area contributed by atoms with Crippen molar-refractivity contribution in [2.24, 2.45) is 0 Å². The average molecular weight is 230 g/mol. The third kappa shape index (κ3) is 2.57. The Kier molecular flexibility index (Phi) is 4.38. The Labute approximate surface area is 93.5 Å². The van der Waals surface area contributed by atoms with Gasteiger partial charge in [0.1, 0.15) is 17.7 Å². The highest BCUT2D eigenvalue weighted by Crippen LogP contribution is 2.27. The van der Waals surface area contributed by atoms with Crippen molar-refractivity contribution in [2.45, 2.75) is 38.9 Å². The van der Waals surface area contributed by atoms with E-state index in [9.17, 15) is 19.0 Å². The van der Waals surface area contributed by atoms with Gasteiger partial charge in [-0.15, -0.1) is 0 Å². The van der Waals surface area contributed by atoms with Crippen LogP contribution in [-0.2, 0) is 0 Å². The molecule has 0 aliphatic heterocycles. The Morgan fingerprint density at radius 2 is 1.88 bits per heavy atom. The van der Waals surface area contributed by atoms with Crippen LogP contribution >= 0.6 is 0 Å². The van der Waals surface area contributed by atoms with E-state index < -0.39 is 29.4 Å². The zero-order valence-electron chi connectivity index (χ0n) is 9.37. The van der Waals surface area contributed by atoms with Gasteiger partial charge in [0.25, 0.3) is 0 Å². The summed E-state index contributed by atoms with van der Waals surface area (Å²) < 4.78 is 27.0. The molecule has 2 N–H and O–H groups in total. The lowest BCUT2D eigenvalue weighted by molar-refractivity contribution is 0.00883. The van der Waals surface area contributed by atoms with E-state index in [1.165, 1.54) is 13.0 Å². The lowest BCUT2D eigenvalue weighted by Crippen LogP contribution is -2.20. The van der Waals surface area contributed by atoms with Crippen molar-refractivity contribution in [3.63, 3.8) is 0 Å². The predicted octanol–water partition coefficient (Wildman–Crippen LogP) is 2.47. The molecule has 90 valence electrons. The number of aliphatic hydroxyl groups excluding tert-OH is 2. The van der Waals surface area contributed by atoms with Crippen LogP contribution in [0.5, 0.6) is 0 Å². The van der Waals surface area contributed by atoms with E-state index in [1.807, 2.05) is 6.92 Å². The normalized spacial score (nSPS) is 14.9. The first-order valence-electron chi connectivity index (χ1n) is 5.29. The molecule has 0 heterocycles. The standard InChI is InChI=1S/C12H16F2O2/c1-3-4-9(15)12(16)10-8(13)6-5-7(2)11(10)14/h5-6,9,12,15-16H,3-4H2,1-2H3. The molecule has 0 fully saturated rings. The molecular formula is C12H16F2O2. The number of rotatable bonds is 4. The van der Waals surface area contributed by atoms with Gasteiger partial charge < -0.3 is 10.2 Å². The summed E-state index contributed by atoms with van der Waals surface area (Å²) >= 11 is 0. The van der Waals surface area contributed by atoms with Crippen molar-refractivity contribution in [2.75, 3.05) is 0 Å². The molecule has 0 saturated heterocycles. The minimum atomic E-state index is -1.51. The first-order chi connectivity index (χ1) is 7.49. The molecule has 2 atom stereocenters. The predicted molar refractivity (Wildman–Crippen MR) is 57.0 cm³/mol. The van der Waals surface area contributed by atoms with Gasteiger partial charge in [-0.2, -0.15) is 0 Å². The van der Waals surface area contributed by atoms with E-state index in [-0.39, 0.29) is 5.56 Å². The highest BCUT2D eigenvalue weighted by molar-refractivity contribution is 5.28. The Morgan fingerprint density at radius 3 is 2.44 bits per heavy atom. The van der Waals surface area contributed by atoms with Crippen LogP contribution in [0.2, 0.25) is 0 Å². The Hall–Kier alpha value is -1.00. The number of aryl methyl sites for hydroxylation is 1. The van der Waals surface area contributed by atoms with Gasteiger partial charge in [0.15, 0.2) is 0 Å². The zero-order chi connectivity index (χ0) is 12.3. The molecule has 0 spiro atoms. The molecule has 1 rings (SSSR count). The average Bonchev–Trinajstić information content (AvgIpc) is 2.24. The topological polar surface area (TPSA) is 40.5 Å². The van der Waals surface area contributed by atoms with Crippen LogP contribution in [0.3, 0.4) is 0 Å². The van der Waals surface area contributed by atoms with Crippen LogP contribution in [0.15, 0.2) is 12.1 Å². The minimum Gasteiger partial charge on any atom is -0.390 e. The molecule has 1 aromatic rings. The van der Waals surface area contributed by atoms with Gasteiger partial charge in [0.2, 0.25) is 0 Å². The second-order valence-corrected chi connectivity index (χ2v) is 3.89. The summed E-state index contributed by atoms with van der Waals surface area (Å²) in [7, 11) is 0. The summed E-state index contributed by atoms with van der Waals surface area (Å²) in [5.74, 6) is -1.62. The van der Waals surface area contributed by atoms with E-state index in [0.717, 1.165) is 6.07 Å². The highest BCUT2D eigenvalue weighted by atomic mass is 19.1. The van der Waals surface area contributed by atoms with Crippen molar-refractivity contribution in [3.8, 4) is 0 Å². The van der Waals surface area contributed by atoms with Crippen LogP contribution in [0, 0.1) is 18.6 Å². The molecule has 16 heavy (non-hydrogen) atoms. The SMILES string of the molecule is CCCC(O)C(O)c1c(F)ccc(C)c1F. The molecule has 0 aliphatic carbocycles. The summed E-state index contributed by atoms with van der Waals surface area (Å²) in [6.45, 7) is 3.30. The zero-order valence-corrected chi connectivity index (χ0v) is 9.37. The first-order valence-corrected chi connectivity index (χ1v) is 5.29. The van der Waals surface area contributed by atoms with Crippen molar-refractivity contribution < 1.29 is 19.0 Å². The molecule has 1 aromatic carbocycles. The van der Waals surface area contributed by atoms with E-state index in [0.29, 0.717) is 12.8 Å². The second-order valence-electron chi connectivity index (χ2n) is 3.89. The smallest absolute Gasteiger partial charge is 0.134 e. The minimum absolute atomic E-state index is 0.249. The number of aliphatic hydroxyl groups is 2. The number of hydrogen-bond acceptors (Lipinski definition) is 2. The fourth-order valence-corrected chi connectivity index (χ4v) is 1.60. The molecule has 2 unspecified atom stereocenters.